The lowest BCUT2D eigenvalue weighted by molar-refractivity contribution is -0.141. The molecule has 4 heteroatoms. The Labute approximate surface area is 78.6 Å². The molecule has 0 saturated carbocycles. The quantitative estimate of drug-likeness (QED) is 0.712. The van der Waals surface area contributed by atoms with Crippen molar-refractivity contribution in [3.8, 4) is 0 Å². The first kappa shape index (κ1) is 14.5. The van der Waals surface area contributed by atoms with Crippen LogP contribution in [0.5, 0.6) is 0 Å². The summed E-state index contributed by atoms with van der Waals surface area (Å²) in [6.45, 7) is 6.84. The van der Waals surface area contributed by atoms with Crippen LogP contribution in [0.3, 0.4) is 0 Å². The molecule has 0 aromatic carbocycles. The highest BCUT2D eigenvalue weighted by atomic mass is 16.4. The second-order valence-corrected chi connectivity index (χ2v) is 3.14. The van der Waals surface area contributed by atoms with Gasteiger partial charge in [0.15, 0.2) is 0 Å². The third-order valence-corrected chi connectivity index (χ3v) is 1.53. The van der Waals surface area contributed by atoms with Crippen LogP contribution in [-0.4, -0.2) is 22.2 Å². The number of hydrogen-bond acceptors (Lipinski definition) is 2. The van der Waals surface area contributed by atoms with Crippen LogP contribution in [-0.2, 0) is 9.59 Å². The molecule has 2 N–H and O–H groups in total. The van der Waals surface area contributed by atoms with Crippen LogP contribution in [0.1, 0.15) is 34.1 Å². The summed E-state index contributed by atoms with van der Waals surface area (Å²) in [4.78, 5) is 19.6. The van der Waals surface area contributed by atoms with Crippen molar-refractivity contribution in [2.24, 2.45) is 11.8 Å². The molecule has 0 radical (unpaired) electrons. The number of carboxylic acids is 2. The van der Waals surface area contributed by atoms with Crippen molar-refractivity contribution in [2.45, 2.75) is 34.1 Å². The SMILES string of the molecule is CC(C)C(=O)O.CCC(C)C(=O)O. The van der Waals surface area contributed by atoms with E-state index in [1.807, 2.05) is 6.92 Å². The fourth-order valence-corrected chi connectivity index (χ4v) is 0.175. The van der Waals surface area contributed by atoms with Gasteiger partial charge in [-0.05, 0) is 6.42 Å². The van der Waals surface area contributed by atoms with Crippen LogP contribution in [0, 0.1) is 11.8 Å². The Hall–Kier alpha value is -1.06. The normalized spacial score (nSPS) is 11.5. The molecule has 0 aromatic heterocycles. The molecule has 0 aliphatic rings. The van der Waals surface area contributed by atoms with E-state index in [1.54, 1.807) is 20.8 Å². The Morgan fingerprint density at radius 3 is 1.38 bits per heavy atom. The van der Waals surface area contributed by atoms with Gasteiger partial charge in [-0.1, -0.05) is 27.7 Å². The van der Waals surface area contributed by atoms with E-state index in [-0.39, 0.29) is 11.8 Å². The molecule has 0 aliphatic carbocycles. The number of rotatable bonds is 3. The van der Waals surface area contributed by atoms with Crippen molar-refractivity contribution >= 4 is 11.9 Å². The molecule has 0 amide bonds. The standard InChI is InChI=1S/C5H10O2.C4H8O2/c1-3-4(2)5(6)7;1-3(2)4(5)6/h4H,3H2,1-2H3,(H,6,7);3H,1-2H3,(H,5,6). The molecule has 13 heavy (non-hydrogen) atoms. The number of aliphatic carboxylic acids is 2. The molecule has 4 nitrogen and oxygen atoms in total. The van der Waals surface area contributed by atoms with Gasteiger partial charge in [0, 0.05) is 0 Å². The lowest BCUT2D eigenvalue weighted by Gasteiger charge is -1.96. The second-order valence-electron chi connectivity index (χ2n) is 3.14. The largest absolute Gasteiger partial charge is 0.481 e. The fourth-order valence-electron chi connectivity index (χ4n) is 0.175. The monoisotopic (exact) mass is 190 g/mol. The van der Waals surface area contributed by atoms with E-state index in [9.17, 15) is 9.59 Å². The van der Waals surface area contributed by atoms with Crippen molar-refractivity contribution in [3.05, 3.63) is 0 Å². The third-order valence-electron chi connectivity index (χ3n) is 1.53. The molecule has 0 heterocycles. The first-order chi connectivity index (χ1) is 5.82. The molecular formula is C9H18O4. The number of carbonyl (C=O) groups is 2. The van der Waals surface area contributed by atoms with Gasteiger partial charge in [-0.15, -0.1) is 0 Å². The zero-order valence-electron chi connectivity index (χ0n) is 8.57. The topological polar surface area (TPSA) is 74.6 Å². The highest BCUT2D eigenvalue weighted by molar-refractivity contribution is 5.69. The first-order valence-electron chi connectivity index (χ1n) is 4.28. The van der Waals surface area contributed by atoms with E-state index < -0.39 is 11.9 Å². The van der Waals surface area contributed by atoms with Crippen molar-refractivity contribution in [1.29, 1.82) is 0 Å². The molecular weight excluding hydrogens is 172 g/mol. The molecule has 1 unspecified atom stereocenters. The zero-order valence-corrected chi connectivity index (χ0v) is 8.57. The molecule has 0 rings (SSSR count). The van der Waals surface area contributed by atoms with Gasteiger partial charge < -0.3 is 10.2 Å². The van der Waals surface area contributed by atoms with Gasteiger partial charge in [-0.2, -0.15) is 0 Å². The van der Waals surface area contributed by atoms with Crippen molar-refractivity contribution in [1.82, 2.24) is 0 Å². The molecule has 0 spiro atoms. The third kappa shape index (κ3) is 10.9. The van der Waals surface area contributed by atoms with Crippen LogP contribution >= 0.6 is 0 Å². The van der Waals surface area contributed by atoms with Gasteiger partial charge in [0.25, 0.3) is 0 Å². The van der Waals surface area contributed by atoms with Crippen LogP contribution in [0.15, 0.2) is 0 Å². The predicted molar refractivity (Wildman–Crippen MR) is 49.6 cm³/mol. The van der Waals surface area contributed by atoms with Crippen molar-refractivity contribution < 1.29 is 19.8 Å². The Bertz CT molecular complexity index is 163. The van der Waals surface area contributed by atoms with Crippen LogP contribution < -0.4 is 0 Å². The minimum atomic E-state index is -0.741. The molecule has 0 aromatic rings. The maximum Gasteiger partial charge on any atom is 0.306 e. The summed E-state index contributed by atoms with van der Waals surface area (Å²) < 4.78 is 0. The summed E-state index contributed by atoms with van der Waals surface area (Å²) >= 11 is 0. The smallest absolute Gasteiger partial charge is 0.306 e. The maximum absolute atomic E-state index is 9.93. The summed E-state index contributed by atoms with van der Waals surface area (Å²) in [5.74, 6) is -1.86. The molecule has 0 aliphatic heterocycles. The average molecular weight is 190 g/mol. The minimum absolute atomic E-state index is 0.181. The van der Waals surface area contributed by atoms with E-state index in [1.165, 1.54) is 0 Å². The van der Waals surface area contributed by atoms with Gasteiger partial charge in [0.1, 0.15) is 0 Å². The number of carboxylic acid groups (broad SMARTS) is 2. The van der Waals surface area contributed by atoms with E-state index in [2.05, 4.69) is 0 Å². The van der Waals surface area contributed by atoms with Gasteiger partial charge in [-0.25, -0.2) is 0 Å². The number of hydrogen-bond donors (Lipinski definition) is 2. The maximum atomic E-state index is 9.93. The van der Waals surface area contributed by atoms with Crippen LogP contribution in [0.4, 0.5) is 0 Å². The molecule has 0 saturated heterocycles. The molecule has 78 valence electrons. The van der Waals surface area contributed by atoms with E-state index in [4.69, 9.17) is 10.2 Å². The lowest BCUT2D eigenvalue weighted by atomic mass is 10.1. The molecule has 0 bridgehead atoms. The van der Waals surface area contributed by atoms with E-state index >= 15 is 0 Å². The summed E-state index contributed by atoms with van der Waals surface area (Å²) in [6.07, 6.45) is 0.718. The highest BCUT2D eigenvalue weighted by Gasteiger charge is 2.05. The lowest BCUT2D eigenvalue weighted by Crippen LogP contribution is -2.06. The summed E-state index contributed by atoms with van der Waals surface area (Å²) in [6, 6.07) is 0. The van der Waals surface area contributed by atoms with Gasteiger partial charge in [0.2, 0.25) is 0 Å². The molecule has 0 fully saturated rings. The summed E-state index contributed by atoms with van der Waals surface area (Å²) in [7, 11) is 0. The van der Waals surface area contributed by atoms with E-state index in [0.29, 0.717) is 0 Å². The Balaban J connectivity index is 0. The minimum Gasteiger partial charge on any atom is -0.481 e. The van der Waals surface area contributed by atoms with Crippen molar-refractivity contribution in [3.63, 3.8) is 0 Å². The zero-order chi connectivity index (χ0) is 11.0. The highest BCUT2D eigenvalue weighted by Crippen LogP contribution is 1.97. The average Bonchev–Trinajstić information content (AvgIpc) is 2.03. The first-order valence-corrected chi connectivity index (χ1v) is 4.28. The Morgan fingerprint density at radius 2 is 1.38 bits per heavy atom. The molecule has 1 atom stereocenters. The van der Waals surface area contributed by atoms with Gasteiger partial charge >= 0.3 is 11.9 Å². The predicted octanol–water partition coefficient (Wildman–Crippen LogP) is 1.84. The Kier molecular flexibility index (Phi) is 8.44. The summed E-state index contributed by atoms with van der Waals surface area (Å²) in [5, 5.41) is 16.2. The van der Waals surface area contributed by atoms with Crippen LogP contribution in [0.2, 0.25) is 0 Å². The van der Waals surface area contributed by atoms with Crippen molar-refractivity contribution in [2.75, 3.05) is 0 Å². The Morgan fingerprint density at radius 1 is 1.08 bits per heavy atom. The van der Waals surface area contributed by atoms with E-state index in [0.717, 1.165) is 6.42 Å². The fraction of sp³-hybridized carbons (Fsp3) is 0.778. The second kappa shape index (κ2) is 7.58. The van der Waals surface area contributed by atoms with Gasteiger partial charge in [0.05, 0.1) is 11.8 Å². The van der Waals surface area contributed by atoms with Crippen LogP contribution in [0.25, 0.3) is 0 Å². The van der Waals surface area contributed by atoms with Gasteiger partial charge in [-0.3, -0.25) is 9.59 Å². The summed E-state index contributed by atoms with van der Waals surface area (Å²) in [5.41, 5.74) is 0.